The van der Waals surface area contributed by atoms with Crippen molar-refractivity contribution in [3.8, 4) is 111 Å². The lowest BCUT2D eigenvalue weighted by Crippen LogP contribution is -2.55. The van der Waals surface area contributed by atoms with E-state index < -0.39 is 0 Å². The van der Waals surface area contributed by atoms with Gasteiger partial charge in [-0.1, -0.05) is 303 Å². The quantitative estimate of drug-likeness (QED) is 0.109. The van der Waals surface area contributed by atoms with Gasteiger partial charge in [-0.25, -0.2) is 0 Å². The molecule has 632 valence electrons. The monoisotopic (exact) mass is 1690 g/mol. The second kappa shape index (κ2) is 30.9. The standard InChI is InChI=1S/2C64H49NO/c1-2-11-43(12-3-1)44-23-28-53(29-24-44)65(60-20-10-22-62-63(60)56-18-5-7-21-61(56)66-62)54-30-25-45(26-31-54)46-13-8-14-47(38-46)48-15-9-16-49(39-48)50-27-32-59-57(40-50)55-17-4-6-19-58(55)64(59)51-34-41-33-42(36-51)37-52(64)35-41;1-2-11-43(12-3-1)44-21-26-51(27-22-44)65(53-30-31-58-57-18-7-9-20-62(57)66-63(58)40-53)52-28-23-45(24-29-52)46-13-10-14-47(38-46)54-15-4-5-16-55(54)48-25-32-61-59(39-48)56-17-6-8-19-60(56)64(61)49-34-41-33-42(36-49)37-50(64)35-41/h1-32,38-42,51-52H,33-37H2;1-32,38-42,49-50H,33-37H2. The zero-order chi connectivity index (χ0) is 86.7. The third-order valence-electron chi connectivity index (χ3n) is 32.5. The molecule has 132 heavy (non-hydrogen) atoms. The van der Waals surface area contributed by atoms with Gasteiger partial charge in [-0.3, -0.25) is 0 Å². The Morgan fingerprint density at radius 1 is 0.182 bits per heavy atom. The van der Waals surface area contributed by atoms with Gasteiger partial charge < -0.3 is 18.6 Å². The zero-order valence-electron chi connectivity index (χ0n) is 73.8. The molecule has 8 fully saturated rings. The van der Waals surface area contributed by atoms with Crippen molar-refractivity contribution < 1.29 is 8.83 Å². The molecule has 0 unspecified atom stereocenters. The van der Waals surface area contributed by atoms with E-state index in [0.29, 0.717) is 0 Å². The topological polar surface area (TPSA) is 32.8 Å². The molecule has 10 aliphatic carbocycles. The minimum atomic E-state index is 0.188. The number of hydrogen-bond donors (Lipinski definition) is 0. The van der Waals surface area contributed by atoms with E-state index in [1.165, 1.54) is 175 Å². The maximum Gasteiger partial charge on any atom is 0.137 e. The van der Waals surface area contributed by atoms with E-state index in [0.717, 1.165) is 125 Å². The van der Waals surface area contributed by atoms with Gasteiger partial charge in [0.15, 0.2) is 0 Å². The summed E-state index contributed by atoms with van der Waals surface area (Å²) in [5.74, 6) is 6.88. The largest absolute Gasteiger partial charge is 0.456 e. The van der Waals surface area contributed by atoms with Gasteiger partial charge in [0, 0.05) is 61.5 Å². The summed E-state index contributed by atoms with van der Waals surface area (Å²) in [6, 6.07) is 157. The molecular formula is C128H98N2O2. The summed E-state index contributed by atoms with van der Waals surface area (Å²) in [5, 5.41) is 4.48. The van der Waals surface area contributed by atoms with Crippen molar-refractivity contribution in [2.75, 3.05) is 9.80 Å². The van der Waals surface area contributed by atoms with Crippen molar-refractivity contribution in [1.29, 1.82) is 0 Å². The summed E-state index contributed by atoms with van der Waals surface area (Å²) < 4.78 is 12.8. The lowest BCUT2D eigenvalue weighted by molar-refractivity contribution is -0.0399. The molecule has 2 spiro atoms. The smallest absolute Gasteiger partial charge is 0.137 e. The molecule has 4 nitrogen and oxygen atoms in total. The van der Waals surface area contributed by atoms with Crippen LogP contribution in [0.15, 0.2) is 433 Å². The second-order valence-corrected chi connectivity index (χ2v) is 39.4. The van der Waals surface area contributed by atoms with Crippen LogP contribution in [0.2, 0.25) is 0 Å². The molecule has 4 heteroatoms. The first-order valence-corrected chi connectivity index (χ1v) is 48.1. The van der Waals surface area contributed by atoms with Crippen molar-refractivity contribution in [3.05, 3.63) is 447 Å². The Labute approximate surface area is 771 Å². The average Bonchev–Trinajstić information content (AvgIpc) is 1.51. The Morgan fingerprint density at radius 3 is 0.977 bits per heavy atom. The first-order chi connectivity index (χ1) is 65.3. The Bertz CT molecular complexity index is 7850. The van der Waals surface area contributed by atoms with E-state index >= 15 is 0 Å². The lowest BCUT2D eigenvalue weighted by Gasteiger charge is -2.61. The van der Waals surface area contributed by atoms with Crippen molar-refractivity contribution in [1.82, 2.24) is 0 Å². The molecule has 0 saturated heterocycles. The number of hydrogen-bond acceptors (Lipinski definition) is 4. The Balaban J connectivity index is 0.000000135. The minimum Gasteiger partial charge on any atom is -0.456 e. The lowest BCUT2D eigenvalue weighted by atomic mass is 9.43. The maximum atomic E-state index is 6.40. The molecule has 0 aliphatic heterocycles. The fraction of sp³-hybridized carbons (Fsp3) is 0.156. The minimum absolute atomic E-state index is 0.188. The van der Waals surface area contributed by atoms with Crippen LogP contribution in [0.4, 0.5) is 34.1 Å². The predicted octanol–water partition coefficient (Wildman–Crippen LogP) is 34.9. The van der Waals surface area contributed by atoms with Crippen LogP contribution in [0.3, 0.4) is 0 Å². The van der Waals surface area contributed by atoms with Crippen LogP contribution in [-0.2, 0) is 10.8 Å². The number of furan rings is 2. The SMILES string of the molecule is c1ccc(-c2ccc(N(c3ccc(-c4cccc(-c5cccc(-c6ccc7c(c6)-c6ccccc6C76C7CC8CC(C7)CC6C8)c5)c4)cc3)c3cccc4oc5ccccc5c34)cc2)cc1.c1ccc(-c2ccc(N(c3ccc(-c4cccc(-c5ccccc5-c5ccc6c(c5)-c5ccccc5C65C6CC7CC(C6)CC5C7)c4)cc3)c3ccc4c(c3)oc3ccccc34)cc2)cc1. The Morgan fingerprint density at radius 2 is 0.485 bits per heavy atom. The van der Waals surface area contributed by atoms with Crippen LogP contribution in [0, 0.1) is 47.3 Å². The Kier molecular flexibility index (Phi) is 18.1. The molecule has 10 aliphatic rings. The van der Waals surface area contributed by atoms with Gasteiger partial charge >= 0.3 is 0 Å². The highest BCUT2D eigenvalue weighted by atomic mass is 16.3. The molecule has 2 aromatic heterocycles. The van der Waals surface area contributed by atoms with E-state index in [4.69, 9.17) is 8.83 Å². The summed E-state index contributed by atoms with van der Waals surface area (Å²) in [5.41, 5.74) is 42.4. The highest BCUT2D eigenvalue weighted by Crippen LogP contribution is 2.72. The molecule has 8 saturated carbocycles. The van der Waals surface area contributed by atoms with Crippen LogP contribution in [-0.4, -0.2) is 0 Å². The van der Waals surface area contributed by atoms with Gasteiger partial charge in [0.05, 0.1) is 11.1 Å². The van der Waals surface area contributed by atoms with Crippen LogP contribution >= 0.6 is 0 Å². The first kappa shape index (κ1) is 77.1. The van der Waals surface area contributed by atoms with Gasteiger partial charge in [0.1, 0.15) is 22.3 Å². The van der Waals surface area contributed by atoms with Crippen molar-refractivity contribution >= 4 is 78.0 Å². The van der Waals surface area contributed by atoms with Crippen LogP contribution in [0.1, 0.15) is 86.5 Å². The average molecular weight is 1700 g/mol. The predicted molar refractivity (Wildman–Crippen MR) is 547 cm³/mol. The third-order valence-corrected chi connectivity index (χ3v) is 32.5. The number of rotatable bonds is 14. The van der Waals surface area contributed by atoms with Crippen molar-refractivity contribution in [2.45, 2.75) is 75.0 Å². The summed E-state index contributed by atoms with van der Waals surface area (Å²) in [4.78, 5) is 4.70. The highest BCUT2D eigenvalue weighted by molar-refractivity contribution is 6.14. The van der Waals surface area contributed by atoms with Gasteiger partial charge in [-0.05, 0) is 360 Å². The number of nitrogens with zero attached hydrogens (tertiary/aromatic N) is 2. The summed E-state index contributed by atoms with van der Waals surface area (Å²) in [7, 11) is 0. The maximum absolute atomic E-state index is 6.40. The summed E-state index contributed by atoms with van der Waals surface area (Å²) in [6.07, 6.45) is 14.2. The Hall–Kier alpha value is -14.8. The molecule has 2 heterocycles. The van der Waals surface area contributed by atoms with E-state index in [2.05, 4.69) is 416 Å². The zero-order valence-corrected chi connectivity index (χ0v) is 73.8. The van der Waals surface area contributed by atoms with Gasteiger partial charge in [0.25, 0.3) is 0 Å². The molecule has 0 N–H and O–H groups in total. The van der Waals surface area contributed by atoms with Gasteiger partial charge in [-0.2, -0.15) is 0 Å². The fourth-order valence-electron chi connectivity index (χ4n) is 27.4. The van der Waals surface area contributed by atoms with E-state index in [1.807, 2.05) is 18.2 Å². The van der Waals surface area contributed by atoms with Crippen LogP contribution in [0.25, 0.3) is 155 Å². The van der Waals surface area contributed by atoms with E-state index in [9.17, 15) is 0 Å². The fourth-order valence-corrected chi connectivity index (χ4v) is 27.4. The molecule has 0 radical (unpaired) electrons. The highest BCUT2D eigenvalue weighted by Gasteiger charge is 2.63. The van der Waals surface area contributed by atoms with Crippen LogP contribution in [0.5, 0.6) is 0 Å². The second-order valence-electron chi connectivity index (χ2n) is 39.4. The summed E-state index contributed by atoms with van der Waals surface area (Å²) in [6.45, 7) is 0. The summed E-state index contributed by atoms with van der Waals surface area (Å²) >= 11 is 0. The van der Waals surface area contributed by atoms with E-state index in [1.54, 1.807) is 22.3 Å². The molecule has 8 bridgehead atoms. The molecule has 30 rings (SSSR count). The number of fused-ring (bicyclic) bond motifs is 12. The molecular weight excluding hydrogens is 1600 g/mol. The molecule has 0 atom stereocenters. The molecule has 20 aromatic rings. The number of benzene rings is 18. The normalized spacial score (nSPS) is 21.1. The first-order valence-electron chi connectivity index (χ1n) is 48.1. The van der Waals surface area contributed by atoms with Gasteiger partial charge in [0.2, 0.25) is 0 Å². The van der Waals surface area contributed by atoms with Crippen molar-refractivity contribution in [2.24, 2.45) is 47.3 Å². The molecule has 18 aromatic carbocycles. The van der Waals surface area contributed by atoms with Gasteiger partial charge in [-0.15, -0.1) is 0 Å². The molecule has 0 amide bonds. The number of anilines is 6. The van der Waals surface area contributed by atoms with Crippen LogP contribution < -0.4 is 9.80 Å². The third kappa shape index (κ3) is 12.5. The van der Waals surface area contributed by atoms with Crippen molar-refractivity contribution in [3.63, 3.8) is 0 Å². The van der Waals surface area contributed by atoms with E-state index in [-0.39, 0.29) is 10.8 Å². The number of para-hydroxylation sites is 2.